The van der Waals surface area contributed by atoms with Crippen molar-refractivity contribution in [3.63, 3.8) is 0 Å². The van der Waals surface area contributed by atoms with E-state index in [0.29, 0.717) is 0 Å². The number of aromatic nitrogens is 2. The molecule has 0 aromatic carbocycles. The van der Waals surface area contributed by atoms with E-state index in [1.807, 2.05) is 18.2 Å². The van der Waals surface area contributed by atoms with Gasteiger partial charge in [-0.2, -0.15) is 15.8 Å². The molecule has 0 saturated heterocycles. The zero-order chi connectivity index (χ0) is 10.0. The lowest BCUT2D eigenvalue weighted by Gasteiger charge is -1.83. The third-order valence-corrected chi connectivity index (χ3v) is 1.84. The molecule has 0 saturated carbocycles. The fourth-order valence-electron chi connectivity index (χ4n) is 1.16. The first kappa shape index (κ1) is 8.77. The summed E-state index contributed by atoms with van der Waals surface area (Å²) >= 11 is 0. The highest BCUT2D eigenvalue weighted by Crippen LogP contribution is 2.04. The maximum Gasteiger partial charge on any atom is 0.363 e. The van der Waals surface area contributed by atoms with Crippen LogP contribution in [-0.4, -0.2) is 4.57 Å². The molecule has 0 unspecified atom stereocenters. The fraction of sp³-hybridized carbons (Fsp3) is 0.250. The van der Waals surface area contributed by atoms with Gasteiger partial charge in [0, 0.05) is 0 Å². The van der Waals surface area contributed by atoms with Gasteiger partial charge in [0.15, 0.2) is 6.07 Å². The summed E-state index contributed by atoms with van der Waals surface area (Å²) in [6.07, 6.45) is 0. The van der Waals surface area contributed by atoms with Crippen LogP contribution in [-0.2, 0) is 14.1 Å². The third kappa shape index (κ3) is 1.02. The van der Waals surface area contributed by atoms with Crippen molar-refractivity contribution in [2.75, 3.05) is 0 Å². The summed E-state index contributed by atoms with van der Waals surface area (Å²) in [7, 11) is 3.16. The lowest BCUT2D eigenvalue weighted by molar-refractivity contribution is -0.676. The maximum atomic E-state index is 8.72. The molecule has 0 N–H and O–H groups in total. The largest absolute Gasteiger partial charge is 0.363 e. The minimum absolute atomic E-state index is 0.210. The second-order valence-electron chi connectivity index (χ2n) is 2.47. The van der Waals surface area contributed by atoms with Crippen molar-refractivity contribution in [1.82, 2.24) is 4.57 Å². The summed E-state index contributed by atoms with van der Waals surface area (Å²) in [5.41, 5.74) is 0.420. The Morgan fingerprint density at radius 3 is 2.08 bits per heavy atom. The highest BCUT2D eigenvalue weighted by atomic mass is 15.1. The van der Waals surface area contributed by atoms with E-state index in [-0.39, 0.29) is 17.2 Å². The Bertz CT molecular complexity index is 437. The van der Waals surface area contributed by atoms with E-state index in [2.05, 4.69) is 0 Å². The summed E-state index contributed by atoms with van der Waals surface area (Å²) in [6, 6.07) is 5.67. The highest BCUT2D eigenvalue weighted by Gasteiger charge is 2.25. The molecule has 62 valence electrons. The number of hydrogen-bond acceptors (Lipinski definition) is 3. The minimum Gasteiger partial charge on any atom is -0.207 e. The molecule has 1 aromatic heterocycles. The summed E-state index contributed by atoms with van der Waals surface area (Å²) in [4.78, 5) is 0. The predicted octanol–water partition coefficient (Wildman–Crippen LogP) is -0.535. The van der Waals surface area contributed by atoms with Crippen LogP contribution in [0.4, 0.5) is 0 Å². The molecule has 0 radical (unpaired) electrons. The Balaban J connectivity index is 3.69. The molecule has 5 heteroatoms. The van der Waals surface area contributed by atoms with Crippen LogP contribution < -0.4 is 4.57 Å². The summed E-state index contributed by atoms with van der Waals surface area (Å²) in [6.45, 7) is 0. The van der Waals surface area contributed by atoms with Crippen molar-refractivity contribution in [3.05, 3.63) is 17.2 Å². The zero-order valence-electron chi connectivity index (χ0n) is 7.24. The van der Waals surface area contributed by atoms with Crippen LogP contribution >= 0.6 is 0 Å². The van der Waals surface area contributed by atoms with E-state index < -0.39 is 0 Å². The van der Waals surface area contributed by atoms with Crippen molar-refractivity contribution < 1.29 is 4.57 Å². The van der Waals surface area contributed by atoms with Gasteiger partial charge in [0.1, 0.15) is 12.1 Å². The Morgan fingerprint density at radius 1 is 1.15 bits per heavy atom. The smallest absolute Gasteiger partial charge is 0.207 e. The van der Waals surface area contributed by atoms with Crippen LogP contribution in [0, 0.1) is 34.0 Å². The molecule has 0 amide bonds. The summed E-state index contributed by atoms with van der Waals surface area (Å²) in [5, 5.41) is 26.2. The monoisotopic (exact) mass is 172 g/mol. The molecule has 0 aliphatic carbocycles. The number of imidazole rings is 1. The maximum absolute atomic E-state index is 8.72. The number of hydrogen-bond donors (Lipinski definition) is 0. The first-order valence-corrected chi connectivity index (χ1v) is 3.46. The quantitative estimate of drug-likeness (QED) is 0.493. The number of rotatable bonds is 0. The molecular formula is C8H6N5+. The van der Waals surface area contributed by atoms with Gasteiger partial charge in [0.25, 0.3) is 11.4 Å². The second kappa shape index (κ2) is 2.97. The van der Waals surface area contributed by atoms with E-state index in [9.17, 15) is 0 Å². The van der Waals surface area contributed by atoms with Crippen LogP contribution in [0.3, 0.4) is 0 Å². The van der Waals surface area contributed by atoms with Gasteiger partial charge >= 0.3 is 5.82 Å². The molecule has 1 aromatic rings. The van der Waals surface area contributed by atoms with E-state index in [0.717, 1.165) is 0 Å². The molecule has 0 atom stereocenters. The molecule has 0 spiro atoms. The molecule has 0 bridgehead atoms. The van der Waals surface area contributed by atoms with Gasteiger partial charge in [0.05, 0.1) is 14.1 Å². The third-order valence-electron chi connectivity index (χ3n) is 1.84. The Morgan fingerprint density at radius 2 is 1.77 bits per heavy atom. The highest BCUT2D eigenvalue weighted by molar-refractivity contribution is 5.35. The first-order valence-electron chi connectivity index (χ1n) is 3.46. The molecule has 0 aliphatic heterocycles. The van der Waals surface area contributed by atoms with Crippen molar-refractivity contribution in [1.29, 1.82) is 15.8 Å². The topological polar surface area (TPSA) is 80.2 Å². The summed E-state index contributed by atoms with van der Waals surface area (Å²) in [5.74, 6) is 0.285. The van der Waals surface area contributed by atoms with Crippen LogP contribution in [0.15, 0.2) is 0 Å². The number of nitriles is 3. The van der Waals surface area contributed by atoms with Gasteiger partial charge in [-0.05, 0) is 0 Å². The van der Waals surface area contributed by atoms with Crippen molar-refractivity contribution in [2.24, 2.45) is 14.1 Å². The fourth-order valence-corrected chi connectivity index (χ4v) is 1.16. The predicted molar refractivity (Wildman–Crippen MR) is 40.7 cm³/mol. The van der Waals surface area contributed by atoms with E-state index in [1.165, 1.54) is 9.13 Å². The van der Waals surface area contributed by atoms with E-state index >= 15 is 0 Å². The van der Waals surface area contributed by atoms with E-state index in [1.54, 1.807) is 14.1 Å². The average Bonchev–Trinajstić information content (AvgIpc) is 2.36. The van der Waals surface area contributed by atoms with Crippen molar-refractivity contribution in [3.8, 4) is 18.2 Å². The Labute approximate surface area is 75.3 Å². The second-order valence-corrected chi connectivity index (χ2v) is 2.47. The average molecular weight is 172 g/mol. The first-order chi connectivity index (χ1) is 6.17. The summed E-state index contributed by atoms with van der Waals surface area (Å²) < 4.78 is 2.80. The molecule has 0 aliphatic rings. The normalized spacial score (nSPS) is 8.54. The molecule has 13 heavy (non-hydrogen) atoms. The van der Waals surface area contributed by atoms with Crippen LogP contribution in [0.25, 0.3) is 0 Å². The van der Waals surface area contributed by atoms with Crippen LogP contribution in [0.5, 0.6) is 0 Å². The Kier molecular flexibility index (Phi) is 2.00. The van der Waals surface area contributed by atoms with Gasteiger partial charge < -0.3 is 0 Å². The standard InChI is InChI=1S/C8H6N5/c1-12-6(3-9)7(4-10)13(2)8(12)5-11/h1-2H3/q+1. The SMILES string of the molecule is Cn1c(C#N)c(C#N)[n+](C)c1C#N. The van der Waals surface area contributed by atoms with Crippen LogP contribution in [0.2, 0.25) is 0 Å². The van der Waals surface area contributed by atoms with Gasteiger partial charge in [-0.1, -0.05) is 0 Å². The zero-order valence-corrected chi connectivity index (χ0v) is 7.24. The molecule has 0 fully saturated rings. The minimum atomic E-state index is 0.210. The number of nitrogens with zero attached hydrogens (tertiary/aromatic N) is 5. The van der Waals surface area contributed by atoms with Crippen molar-refractivity contribution >= 4 is 0 Å². The van der Waals surface area contributed by atoms with Gasteiger partial charge in [-0.25, -0.2) is 9.13 Å². The molecule has 1 heterocycles. The molecule has 1 rings (SSSR count). The van der Waals surface area contributed by atoms with Gasteiger partial charge in [-0.15, -0.1) is 0 Å². The van der Waals surface area contributed by atoms with Crippen LogP contribution in [0.1, 0.15) is 17.2 Å². The Hall–Kier alpha value is -2.32. The lowest BCUT2D eigenvalue weighted by atomic mass is 10.3. The van der Waals surface area contributed by atoms with E-state index in [4.69, 9.17) is 15.8 Å². The van der Waals surface area contributed by atoms with Gasteiger partial charge in [0.2, 0.25) is 0 Å². The molecule has 5 nitrogen and oxygen atoms in total. The van der Waals surface area contributed by atoms with Crippen molar-refractivity contribution in [2.45, 2.75) is 0 Å². The van der Waals surface area contributed by atoms with Gasteiger partial charge in [-0.3, -0.25) is 0 Å². The lowest BCUT2D eigenvalue weighted by Crippen LogP contribution is -2.34. The molecular weight excluding hydrogens is 166 g/mol.